The van der Waals surface area contributed by atoms with E-state index in [1.807, 2.05) is 36.7 Å². The van der Waals surface area contributed by atoms with E-state index in [0.717, 1.165) is 35.5 Å². The van der Waals surface area contributed by atoms with Crippen LogP contribution in [0.4, 0.5) is 5.82 Å². The number of hydrogen-bond donors (Lipinski definition) is 1. The zero-order valence-corrected chi connectivity index (χ0v) is 16.8. The maximum atomic E-state index is 12.5. The number of nitrogens with zero attached hydrogens (tertiary/aromatic N) is 6. The first-order chi connectivity index (χ1) is 13.6. The van der Waals surface area contributed by atoms with Crippen LogP contribution in [0.25, 0.3) is 5.69 Å². The van der Waals surface area contributed by atoms with Crippen LogP contribution in [0, 0.1) is 13.8 Å². The second-order valence-electron chi connectivity index (χ2n) is 7.16. The molecular weight excluding hydrogens is 374 g/mol. The molecule has 1 N–H and O–H groups in total. The van der Waals surface area contributed by atoms with Crippen molar-refractivity contribution in [1.82, 2.24) is 30.0 Å². The van der Waals surface area contributed by atoms with E-state index in [-0.39, 0.29) is 11.7 Å². The second kappa shape index (κ2) is 8.14. The number of hydrogen-bond acceptors (Lipinski definition) is 6. The van der Waals surface area contributed by atoms with Gasteiger partial charge in [0.25, 0.3) is 0 Å². The fraction of sp³-hybridized carbons (Fsp3) is 0.421. The van der Waals surface area contributed by atoms with Gasteiger partial charge in [0.2, 0.25) is 11.1 Å². The van der Waals surface area contributed by atoms with Gasteiger partial charge in [-0.15, -0.1) is 5.10 Å². The van der Waals surface area contributed by atoms with Crippen LogP contribution in [-0.4, -0.2) is 41.6 Å². The summed E-state index contributed by atoms with van der Waals surface area (Å²) in [7, 11) is 0. The Kier molecular flexibility index (Phi) is 5.43. The average molecular weight is 398 g/mol. The Morgan fingerprint density at radius 1 is 1.21 bits per heavy atom. The minimum absolute atomic E-state index is 0.0975. The van der Waals surface area contributed by atoms with Gasteiger partial charge in [0.1, 0.15) is 5.82 Å². The predicted molar refractivity (Wildman–Crippen MR) is 108 cm³/mol. The molecule has 1 fully saturated rings. The molecule has 0 radical (unpaired) electrons. The summed E-state index contributed by atoms with van der Waals surface area (Å²) in [4.78, 5) is 12.5. The van der Waals surface area contributed by atoms with Crippen molar-refractivity contribution >= 4 is 23.5 Å². The van der Waals surface area contributed by atoms with Gasteiger partial charge in [-0.3, -0.25) is 4.79 Å². The molecule has 1 aliphatic rings. The lowest BCUT2D eigenvalue weighted by molar-refractivity contribution is -0.113. The van der Waals surface area contributed by atoms with Crippen molar-refractivity contribution in [1.29, 1.82) is 0 Å². The van der Waals surface area contributed by atoms with Crippen molar-refractivity contribution < 1.29 is 4.79 Å². The molecule has 1 aromatic carbocycles. The molecule has 0 saturated heterocycles. The van der Waals surface area contributed by atoms with E-state index in [0.29, 0.717) is 11.2 Å². The molecule has 1 saturated carbocycles. The van der Waals surface area contributed by atoms with E-state index in [2.05, 4.69) is 32.0 Å². The molecule has 8 nitrogen and oxygen atoms in total. The molecule has 3 aromatic rings. The third-order valence-corrected chi connectivity index (χ3v) is 5.75. The molecule has 146 valence electrons. The molecule has 0 aliphatic heterocycles. The summed E-state index contributed by atoms with van der Waals surface area (Å²) in [6.07, 6.45) is 6.40. The van der Waals surface area contributed by atoms with Gasteiger partial charge in [-0.2, -0.15) is 9.78 Å². The zero-order valence-electron chi connectivity index (χ0n) is 16.0. The van der Waals surface area contributed by atoms with Gasteiger partial charge in [-0.1, -0.05) is 30.7 Å². The Labute approximate surface area is 167 Å². The molecule has 0 bridgehead atoms. The van der Waals surface area contributed by atoms with E-state index in [1.54, 1.807) is 10.9 Å². The van der Waals surface area contributed by atoms with Crippen molar-refractivity contribution in [3.8, 4) is 5.69 Å². The third-order valence-electron chi connectivity index (χ3n) is 4.83. The Bertz CT molecular complexity index is 954. The van der Waals surface area contributed by atoms with E-state index < -0.39 is 0 Å². The van der Waals surface area contributed by atoms with Crippen LogP contribution in [0.5, 0.6) is 0 Å². The van der Waals surface area contributed by atoms with Gasteiger partial charge < -0.3 is 5.32 Å². The number of amides is 1. The van der Waals surface area contributed by atoms with Gasteiger partial charge >= 0.3 is 0 Å². The van der Waals surface area contributed by atoms with Crippen LogP contribution in [0.3, 0.4) is 0 Å². The molecule has 0 atom stereocenters. The zero-order chi connectivity index (χ0) is 19.5. The fourth-order valence-corrected chi connectivity index (χ4v) is 4.36. The highest BCUT2D eigenvalue weighted by molar-refractivity contribution is 7.99. The van der Waals surface area contributed by atoms with E-state index >= 15 is 0 Å². The highest BCUT2D eigenvalue weighted by Crippen LogP contribution is 2.31. The number of aromatic nitrogens is 6. The molecule has 28 heavy (non-hydrogen) atoms. The molecular formula is C19H23N7OS. The van der Waals surface area contributed by atoms with Crippen molar-refractivity contribution in [3.05, 3.63) is 41.6 Å². The molecule has 2 heterocycles. The minimum Gasteiger partial charge on any atom is -0.310 e. The summed E-state index contributed by atoms with van der Waals surface area (Å²) in [6.45, 7) is 4.07. The number of tetrazole rings is 1. The second-order valence-corrected chi connectivity index (χ2v) is 8.10. The molecule has 2 aromatic heterocycles. The standard InChI is InChI=1S/C19H23N7OS/c1-13-9-14(2)11-16(10-13)26-19(22-23-24-26)28-12-18(27)21-17-7-8-20-25(17)15-5-3-4-6-15/h7-11,15H,3-6,12H2,1-2H3,(H,21,27). The third kappa shape index (κ3) is 4.09. The van der Waals surface area contributed by atoms with Crippen molar-refractivity contribution in [2.75, 3.05) is 11.1 Å². The van der Waals surface area contributed by atoms with Crippen molar-refractivity contribution in [2.24, 2.45) is 0 Å². The quantitative estimate of drug-likeness (QED) is 0.642. The average Bonchev–Trinajstić information content (AvgIpc) is 3.40. The SMILES string of the molecule is Cc1cc(C)cc(-n2nnnc2SCC(=O)Nc2ccnn2C2CCCC2)c1. The molecule has 0 unspecified atom stereocenters. The van der Waals surface area contributed by atoms with Crippen LogP contribution in [-0.2, 0) is 4.79 Å². The molecule has 1 amide bonds. The molecule has 9 heteroatoms. The predicted octanol–water partition coefficient (Wildman–Crippen LogP) is 3.32. The number of carbonyl (C=O) groups excluding carboxylic acids is 1. The minimum atomic E-state index is -0.0975. The van der Waals surface area contributed by atoms with E-state index in [9.17, 15) is 4.79 Å². The van der Waals surface area contributed by atoms with Crippen LogP contribution in [0.15, 0.2) is 35.6 Å². The number of nitrogens with one attached hydrogen (secondary N) is 1. The summed E-state index contributed by atoms with van der Waals surface area (Å²) < 4.78 is 3.61. The smallest absolute Gasteiger partial charge is 0.235 e. The Balaban J connectivity index is 1.41. The number of carbonyl (C=O) groups is 1. The lowest BCUT2D eigenvalue weighted by Gasteiger charge is -2.14. The highest BCUT2D eigenvalue weighted by atomic mass is 32.2. The van der Waals surface area contributed by atoms with Crippen LogP contribution in [0.2, 0.25) is 0 Å². The normalized spacial score (nSPS) is 14.5. The largest absolute Gasteiger partial charge is 0.310 e. The Morgan fingerprint density at radius 3 is 2.71 bits per heavy atom. The number of benzene rings is 1. The van der Waals surface area contributed by atoms with Crippen molar-refractivity contribution in [3.63, 3.8) is 0 Å². The monoisotopic (exact) mass is 397 g/mol. The maximum Gasteiger partial charge on any atom is 0.235 e. The first kappa shape index (κ1) is 18.7. The van der Waals surface area contributed by atoms with E-state index in [1.165, 1.54) is 24.6 Å². The lowest BCUT2D eigenvalue weighted by Crippen LogP contribution is -2.19. The Morgan fingerprint density at radius 2 is 1.96 bits per heavy atom. The molecule has 4 rings (SSSR count). The topological polar surface area (TPSA) is 90.5 Å². The molecule has 1 aliphatic carbocycles. The fourth-order valence-electron chi connectivity index (χ4n) is 3.67. The summed E-state index contributed by atoms with van der Waals surface area (Å²) in [6, 6.07) is 8.37. The summed E-state index contributed by atoms with van der Waals surface area (Å²) in [5.41, 5.74) is 3.17. The van der Waals surface area contributed by atoms with Crippen LogP contribution < -0.4 is 5.32 Å². The molecule has 0 spiro atoms. The van der Waals surface area contributed by atoms with Crippen molar-refractivity contribution in [2.45, 2.75) is 50.7 Å². The highest BCUT2D eigenvalue weighted by Gasteiger charge is 2.21. The lowest BCUT2D eigenvalue weighted by atomic mass is 10.1. The number of anilines is 1. The Hall–Kier alpha value is -2.68. The van der Waals surface area contributed by atoms with Gasteiger partial charge in [0, 0.05) is 6.07 Å². The summed E-state index contributed by atoms with van der Waals surface area (Å²) in [5, 5.41) is 19.9. The first-order valence-electron chi connectivity index (χ1n) is 9.43. The van der Waals surface area contributed by atoms with Crippen LogP contribution in [0.1, 0.15) is 42.9 Å². The first-order valence-corrected chi connectivity index (χ1v) is 10.4. The number of rotatable bonds is 6. The van der Waals surface area contributed by atoms with Gasteiger partial charge in [-0.25, -0.2) is 4.68 Å². The van der Waals surface area contributed by atoms with Gasteiger partial charge in [0.05, 0.1) is 23.7 Å². The maximum absolute atomic E-state index is 12.5. The van der Waals surface area contributed by atoms with E-state index in [4.69, 9.17) is 0 Å². The van der Waals surface area contributed by atoms with Gasteiger partial charge in [-0.05, 0) is 60.4 Å². The van der Waals surface area contributed by atoms with Gasteiger partial charge in [0.15, 0.2) is 0 Å². The number of aryl methyl sites for hydroxylation is 2. The van der Waals surface area contributed by atoms with Crippen LogP contribution >= 0.6 is 11.8 Å². The summed E-state index contributed by atoms with van der Waals surface area (Å²) in [5.74, 6) is 0.882. The number of thioether (sulfide) groups is 1. The summed E-state index contributed by atoms with van der Waals surface area (Å²) >= 11 is 1.31.